The highest BCUT2D eigenvalue weighted by Crippen LogP contribution is 2.30. The van der Waals surface area contributed by atoms with E-state index in [-0.39, 0.29) is 11.3 Å². The quantitative estimate of drug-likeness (QED) is 0.680. The summed E-state index contributed by atoms with van der Waals surface area (Å²) in [5, 5.41) is 13.3. The smallest absolute Gasteiger partial charge is 0.270 e. The molecule has 1 aromatic rings. The first-order chi connectivity index (χ1) is 9.49. The van der Waals surface area contributed by atoms with Crippen LogP contribution in [-0.2, 0) is 0 Å². The van der Waals surface area contributed by atoms with E-state index in [9.17, 15) is 19.3 Å². The van der Waals surface area contributed by atoms with E-state index in [0.29, 0.717) is 18.4 Å². The van der Waals surface area contributed by atoms with Gasteiger partial charge in [0, 0.05) is 18.7 Å². The van der Waals surface area contributed by atoms with Crippen molar-refractivity contribution >= 4 is 11.6 Å². The lowest BCUT2D eigenvalue weighted by Crippen LogP contribution is -2.30. The van der Waals surface area contributed by atoms with E-state index in [4.69, 9.17) is 0 Å². The molecule has 1 fully saturated rings. The van der Waals surface area contributed by atoms with Crippen LogP contribution in [0.2, 0.25) is 0 Å². The van der Waals surface area contributed by atoms with Crippen molar-refractivity contribution in [1.82, 2.24) is 5.32 Å². The molecule has 0 aromatic heterocycles. The highest BCUT2D eigenvalue weighted by molar-refractivity contribution is 5.95. The Bertz CT molecular complexity index is 533. The Hall–Kier alpha value is -1.98. The number of nitro benzene ring substituents is 1. The maximum Gasteiger partial charge on any atom is 0.270 e. The average Bonchev–Trinajstić information content (AvgIpc) is 2.81. The second kappa shape index (κ2) is 5.98. The zero-order valence-corrected chi connectivity index (χ0v) is 11.3. The fourth-order valence-electron chi connectivity index (χ4n) is 2.65. The average molecular weight is 280 g/mol. The van der Waals surface area contributed by atoms with Crippen LogP contribution in [0, 0.1) is 27.8 Å². The summed E-state index contributed by atoms with van der Waals surface area (Å²) < 4.78 is 13.6. The molecule has 1 saturated carbocycles. The Morgan fingerprint density at radius 3 is 2.85 bits per heavy atom. The Morgan fingerprint density at radius 1 is 1.50 bits per heavy atom. The Balaban J connectivity index is 2.05. The van der Waals surface area contributed by atoms with E-state index in [1.165, 1.54) is 0 Å². The summed E-state index contributed by atoms with van der Waals surface area (Å²) in [6, 6.07) is 2.97. The first-order valence-corrected chi connectivity index (χ1v) is 6.71. The van der Waals surface area contributed by atoms with Gasteiger partial charge in [-0.2, -0.15) is 0 Å². The van der Waals surface area contributed by atoms with Gasteiger partial charge in [-0.25, -0.2) is 4.39 Å². The Morgan fingerprint density at radius 2 is 2.25 bits per heavy atom. The molecule has 0 spiro atoms. The van der Waals surface area contributed by atoms with Gasteiger partial charge in [-0.15, -0.1) is 0 Å². The number of halogens is 1. The number of nitrogens with zero attached hydrogens (tertiary/aromatic N) is 1. The lowest BCUT2D eigenvalue weighted by Gasteiger charge is -2.16. The minimum atomic E-state index is -0.743. The van der Waals surface area contributed by atoms with Gasteiger partial charge in [0.1, 0.15) is 5.82 Å². The summed E-state index contributed by atoms with van der Waals surface area (Å²) in [6.07, 6.45) is 3.34. The molecule has 1 aromatic carbocycles. The summed E-state index contributed by atoms with van der Waals surface area (Å²) in [4.78, 5) is 21.9. The van der Waals surface area contributed by atoms with Crippen LogP contribution in [0.3, 0.4) is 0 Å². The molecule has 1 aliphatic rings. The molecule has 2 atom stereocenters. The Kier molecular flexibility index (Phi) is 4.32. The third-order valence-corrected chi connectivity index (χ3v) is 3.97. The second-order valence-corrected chi connectivity index (χ2v) is 5.30. The number of amides is 1. The normalized spacial score (nSPS) is 21.7. The molecule has 0 bridgehead atoms. The highest BCUT2D eigenvalue weighted by atomic mass is 19.1. The van der Waals surface area contributed by atoms with Crippen molar-refractivity contribution in [2.45, 2.75) is 26.2 Å². The molecule has 2 unspecified atom stereocenters. The molecule has 5 nitrogen and oxygen atoms in total. The van der Waals surface area contributed by atoms with E-state index < -0.39 is 16.6 Å². The molecule has 6 heteroatoms. The molecule has 20 heavy (non-hydrogen) atoms. The van der Waals surface area contributed by atoms with Gasteiger partial charge in [0.25, 0.3) is 11.6 Å². The first kappa shape index (κ1) is 14.4. The fourth-order valence-corrected chi connectivity index (χ4v) is 2.65. The van der Waals surface area contributed by atoms with Crippen molar-refractivity contribution in [2.75, 3.05) is 6.54 Å². The van der Waals surface area contributed by atoms with Gasteiger partial charge in [-0.3, -0.25) is 14.9 Å². The number of benzene rings is 1. The summed E-state index contributed by atoms with van der Waals surface area (Å²) >= 11 is 0. The molecule has 1 N–H and O–H groups in total. The number of hydrogen-bond donors (Lipinski definition) is 1. The van der Waals surface area contributed by atoms with Gasteiger partial charge in [0.2, 0.25) is 0 Å². The van der Waals surface area contributed by atoms with Crippen LogP contribution in [0.4, 0.5) is 10.1 Å². The summed E-state index contributed by atoms with van der Waals surface area (Å²) in [5.41, 5.74) is -0.560. The maximum atomic E-state index is 13.6. The largest absolute Gasteiger partial charge is 0.352 e. The van der Waals surface area contributed by atoms with Crippen LogP contribution >= 0.6 is 0 Å². The predicted molar refractivity (Wildman–Crippen MR) is 71.9 cm³/mol. The molecular formula is C14H17FN2O3. The van der Waals surface area contributed by atoms with Gasteiger partial charge in [0.15, 0.2) is 0 Å². The third-order valence-electron chi connectivity index (χ3n) is 3.97. The van der Waals surface area contributed by atoms with Crippen molar-refractivity contribution in [3.8, 4) is 0 Å². The highest BCUT2D eigenvalue weighted by Gasteiger charge is 2.24. The van der Waals surface area contributed by atoms with Crippen molar-refractivity contribution in [1.29, 1.82) is 0 Å². The lowest BCUT2D eigenvalue weighted by molar-refractivity contribution is -0.384. The number of nitrogens with one attached hydrogen (secondary N) is 1. The number of non-ortho nitro benzene ring substituents is 1. The van der Waals surface area contributed by atoms with Crippen LogP contribution in [0.1, 0.15) is 36.5 Å². The van der Waals surface area contributed by atoms with Gasteiger partial charge in [-0.1, -0.05) is 19.8 Å². The predicted octanol–water partition coefficient (Wildman–Crippen LogP) is 2.90. The molecule has 1 aliphatic carbocycles. The van der Waals surface area contributed by atoms with Crippen LogP contribution in [-0.4, -0.2) is 17.4 Å². The maximum absolute atomic E-state index is 13.6. The zero-order chi connectivity index (χ0) is 14.7. The van der Waals surface area contributed by atoms with E-state index in [1.54, 1.807) is 0 Å². The van der Waals surface area contributed by atoms with Crippen LogP contribution in [0.5, 0.6) is 0 Å². The SMILES string of the molecule is CC1CCCC1CNC(=O)c1cc([N+](=O)[O-])ccc1F. The number of carbonyl (C=O) groups excluding carboxylic acids is 1. The summed E-state index contributed by atoms with van der Waals surface area (Å²) in [6.45, 7) is 2.62. The number of hydrogen-bond acceptors (Lipinski definition) is 3. The molecule has 1 amide bonds. The third kappa shape index (κ3) is 3.12. The van der Waals surface area contributed by atoms with Crippen LogP contribution in [0.15, 0.2) is 18.2 Å². The molecule has 0 saturated heterocycles. The number of nitro groups is 1. The second-order valence-electron chi connectivity index (χ2n) is 5.30. The van der Waals surface area contributed by atoms with Crippen molar-refractivity contribution in [3.63, 3.8) is 0 Å². The number of rotatable bonds is 4. The summed E-state index contributed by atoms with van der Waals surface area (Å²) in [7, 11) is 0. The number of carbonyl (C=O) groups is 1. The minimum absolute atomic E-state index is 0.273. The van der Waals surface area contributed by atoms with Gasteiger partial charge >= 0.3 is 0 Å². The van der Waals surface area contributed by atoms with Crippen molar-refractivity contribution in [2.24, 2.45) is 11.8 Å². The molecule has 108 valence electrons. The van der Waals surface area contributed by atoms with Gasteiger partial charge in [0.05, 0.1) is 10.5 Å². The van der Waals surface area contributed by atoms with E-state index in [0.717, 1.165) is 37.5 Å². The Labute approximate surface area is 116 Å². The van der Waals surface area contributed by atoms with E-state index in [1.807, 2.05) is 0 Å². The minimum Gasteiger partial charge on any atom is -0.352 e. The van der Waals surface area contributed by atoms with E-state index in [2.05, 4.69) is 12.2 Å². The molecular weight excluding hydrogens is 263 g/mol. The van der Waals surface area contributed by atoms with Crippen LogP contribution in [0.25, 0.3) is 0 Å². The van der Waals surface area contributed by atoms with Gasteiger partial charge in [-0.05, 0) is 24.3 Å². The lowest BCUT2D eigenvalue weighted by atomic mass is 9.98. The molecule has 0 heterocycles. The van der Waals surface area contributed by atoms with E-state index >= 15 is 0 Å². The molecule has 0 radical (unpaired) electrons. The van der Waals surface area contributed by atoms with Crippen LogP contribution < -0.4 is 5.32 Å². The molecule has 2 rings (SSSR count). The standard InChI is InChI=1S/C14H17FN2O3/c1-9-3-2-4-10(9)8-16-14(18)12-7-11(17(19)20)5-6-13(12)15/h5-7,9-10H,2-4,8H2,1H3,(H,16,18). The van der Waals surface area contributed by atoms with Crippen molar-refractivity contribution in [3.05, 3.63) is 39.7 Å². The zero-order valence-electron chi connectivity index (χ0n) is 11.3. The monoisotopic (exact) mass is 280 g/mol. The topological polar surface area (TPSA) is 72.2 Å². The summed E-state index contributed by atoms with van der Waals surface area (Å²) in [5.74, 6) is -0.385. The fraction of sp³-hybridized carbons (Fsp3) is 0.500. The molecule has 0 aliphatic heterocycles. The van der Waals surface area contributed by atoms with Gasteiger partial charge < -0.3 is 5.32 Å². The van der Waals surface area contributed by atoms with Crippen molar-refractivity contribution < 1.29 is 14.1 Å². The first-order valence-electron chi connectivity index (χ1n) is 6.71.